The van der Waals surface area contributed by atoms with Crippen molar-refractivity contribution in [3.63, 3.8) is 0 Å². The third-order valence-corrected chi connectivity index (χ3v) is 9.50. The number of anilines is 1. The third kappa shape index (κ3) is 5.25. The average molecular weight is 566 g/mol. The Bertz CT molecular complexity index is 1180. The third-order valence-electron chi connectivity index (χ3n) is 9.50. The number of likely N-dealkylation sites (tertiary alicyclic amines) is 1. The van der Waals surface area contributed by atoms with E-state index in [4.69, 9.17) is 4.74 Å². The molecule has 0 radical (unpaired) electrons. The van der Waals surface area contributed by atoms with Crippen LogP contribution in [-0.2, 0) is 19.1 Å². The molecule has 0 saturated carbocycles. The van der Waals surface area contributed by atoms with E-state index >= 15 is 0 Å². The highest BCUT2D eigenvalue weighted by Gasteiger charge is 2.78. The Hall–Kier alpha value is -2.97. The highest BCUT2D eigenvalue weighted by Crippen LogP contribution is 2.64. The number of benzene rings is 1. The monoisotopic (exact) mass is 565 g/mol. The Morgan fingerprint density at radius 2 is 1.80 bits per heavy atom. The number of fused-ring (bicyclic) bond motifs is 1. The molecule has 1 spiro atoms. The van der Waals surface area contributed by atoms with Crippen molar-refractivity contribution in [2.45, 2.75) is 83.0 Å². The molecule has 0 aliphatic carbocycles. The fourth-order valence-electron chi connectivity index (χ4n) is 7.48. The summed E-state index contributed by atoms with van der Waals surface area (Å²) in [6.45, 7) is 14.9. The SMILES string of the molecule is C=CCN(C)C(=O)[C@@H]1[C@H]2C(=O)N(CCCCCCO)C(C(=O)N(CC=C)c3cc(C)ccc3C)C23CC[C@@]1(CC)O3. The van der Waals surface area contributed by atoms with E-state index in [1.54, 1.807) is 33.9 Å². The van der Waals surface area contributed by atoms with Crippen molar-refractivity contribution in [1.29, 1.82) is 0 Å². The van der Waals surface area contributed by atoms with Crippen molar-refractivity contribution in [2.24, 2.45) is 11.8 Å². The normalized spacial score (nSPS) is 28.1. The molecule has 0 aromatic heterocycles. The quantitative estimate of drug-likeness (QED) is 0.270. The van der Waals surface area contributed by atoms with Crippen molar-refractivity contribution in [3.05, 3.63) is 54.6 Å². The first-order valence-electron chi connectivity index (χ1n) is 15.1. The topological polar surface area (TPSA) is 90.4 Å². The van der Waals surface area contributed by atoms with Crippen LogP contribution >= 0.6 is 0 Å². The molecular formula is C33H47N3O5. The molecule has 5 atom stereocenters. The molecule has 224 valence electrons. The van der Waals surface area contributed by atoms with Gasteiger partial charge in [-0.05, 0) is 63.1 Å². The summed E-state index contributed by atoms with van der Waals surface area (Å²) in [5, 5.41) is 9.21. The van der Waals surface area contributed by atoms with Crippen molar-refractivity contribution >= 4 is 23.4 Å². The fourth-order valence-corrected chi connectivity index (χ4v) is 7.48. The van der Waals surface area contributed by atoms with Crippen LogP contribution in [0.25, 0.3) is 0 Å². The summed E-state index contributed by atoms with van der Waals surface area (Å²) in [7, 11) is 1.74. The zero-order valence-corrected chi connectivity index (χ0v) is 25.2. The van der Waals surface area contributed by atoms with E-state index in [1.807, 2.05) is 39.0 Å². The molecule has 41 heavy (non-hydrogen) atoms. The van der Waals surface area contributed by atoms with Gasteiger partial charge in [-0.3, -0.25) is 14.4 Å². The van der Waals surface area contributed by atoms with Crippen molar-refractivity contribution in [2.75, 3.05) is 38.2 Å². The molecule has 1 aromatic rings. The number of nitrogens with zero attached hydrogens (tertiary/aromatic N) is 3. The van der Waals surface area contributed by atoms with Crippen LogP contribution in [0.1, 0.15) is 63.0 Å². The van der Waals surface area contributed by atoms with E-state index in [-0.39, 0.29) is 24.3 Å². The molecule has 3 aliphatic heterocycles. The number of aliphatic hydroxyl groups excluding tert-OH is 1. The van der Waals surface area contributed by atoms with E-state index in [0.29, 0.717) is 51.7 Å². The Kier molecular flexibility index (Phi) is 9.44. The Balaban J connectivity index is 1.79. The van der Waals surface area contributed by atoms with Crippen LogP contribution in [0.5, 0.6) is 0 Å². The minimum atomic E-state index is -1.07. The van der Waals surface area contributed by atoms with E-state index in [1.165, 1.54) is 0 Å². The van der Waals surface area contributed by atoms with Gasteiger partial charge in [0.2, 0.25) is 11.8 Å². The first-order chi connectivity index (χ1) is 19.6. The molecule has 8 heteroatoms. The van der Waals surface area contributed by atoms with Gasteiger partial charge in [0.15, 0.2) is 0 Å². The molecule has 3 saturated heterocycles. The molecule has 1 aromatic carbocycles. The van der Waals surface area contributed by atoms with Crippen LogP contribution in [-0.4, -0.2) is 83.2 Å². The van der Waals surface area contributed by atoms with Gasteiger partial charge in [0, 0.05) is 39.0 Å². The lowest BCUT2D eigenvalue weighted by Crippen LogP contribution is -2.56. The molecule has 3 aliphatic rings. The predicted molar refractivity (Wildman–Crippen MR) is 160 cm³/mol. The maximum absolute atomic E-state index is 14.8. The van der Waals surface area contributed by atoms with Crippen LogP contribution < -0.4 is 4.90 Å². The number of hydrogen-bond donors (Lipinski definition) is 1. The van der Waals surface area contributed by atoms with Crippen molar-refractivity contribution in [1.82, 2.24) is 9.80 Å². The summed E-state index contributed by atoms with van der Waals surface area (Å²) in [5.41, 5.74) is 0.940. The number of carbonyl (C=O) groups excluding carboxylic acids is 3. The maximum Gasteiger partial charge on any atom is 0.253 e. The summed E-state index contributed by atoms with van der Waals surface area (Å²) in [5.74, 6) is -1.84. The second-order valence-corrected chi connectivity index (χ2v) is 12.0. The zero-order chi connectivity index (χ0) is 29.9. The highest BCUT2D eigenvalue weighted by molar-refractivity contribution is 6.05. The lowest BCUT2D eigenvalue weighted by atomic mass is 9.64. The van der Waals surface area contributed by atoms with Gasteiger partial charge in [-0.15, -0.1) is 13.2 Å². The van der Waals surface area contributed by atoms with E-state index in [2.05, 4.69) is 13.2 Å². The van der Waals surface area contributed by atoms with Gasteiger partial charge in [-0.1, -0.05) is 44.1 Å². The van der Waals surface area contributed by atoms with Gasteiger partial charge in [0.1, 0.15) is 11.6 Å². The molecule has 8 nitrogen and oxygen atoms in total. The average Bonchev–Trinajstić information content (AvgIpc) is 3.56. The predicted octanol–water partition coefficient (Wildman–Crippen LogP) is 4.17. The number of amides is 3. The van der Waals surface area contributed by atoms with Crippen LogP contribution in [0.4, 0.5) is 5.69 Å². The first kappa shape index (κ1) is 31.0. The van der Waals surface area contributed by atoms with E-state index < -0.39 is 29.1 Å². The number of unbranched alkanes of at least 4 members (excludes halogenated alkanes) is 3. The lowest BCUT2D eigenvalue weighted by Gasteiger charge is -2.37. The van der Waals surface area contributed by atoms with Gasteiger partial charge in [0.05, 0.1) is 17.4 Å². The summed E-state index contributed by atoms with van der Waals surface area (Å²) in [6.07, 6.45) is 8.25. The second kappa shape index (κ2) is 12.5. The summed E-state index contributed by atoms with van der Waals surface area (Å²) >= 11 is 0. The van der Waals surface area contributed by atoms with Gasteiger partial charge < -0.3 is 24.5 Å². The molecule has 2 bridgehead atoms. The number of rotatable bonds is 14. The Labute approximate surface area is 245 Å². The maximum atomic E-state index is 14.8. The van der Waals surface area contributed by atoms with Crippen LogP contribution in [0.2, 0.25) is 0 Å². The van der Waals surface area contributed by atoms with E-state index in [0.717, 1.165) is 29.7 Å². The van der Waals surface area contributed by atoms with Crippen molar-refractivity contribution in [3.8, 4) is 0 Å². The number of aliphatic hydroxyl groups is 1. The Morgan fingerprint density at radius 1 is 1.10 bits per heavy atom. The lowest BCUT2D eigenvalue weighted by molar-refractivity contribution is -0.150. The van der Waals surface area contributed by atoms with Gasteiger partial charge in [-0.2, -0.15) is 0 Å². The summed E-state index contributed by atoms with van der Waals surface area (Å²) < 4.78 is 6.94. The summed E-state index contributed by atoms with van der Waals surface area (Å²) in [6, 6.07) is 5.18. The van der Waals surface area contributed by atoms with Crippen molar-refractivity contribution < 1.29 is 24.2 Å². The highest BCUT2D eigenvalue weighted by atomic mass is 16.5. The zero-order valence-electron chi connectivity index (χ0n) is 25.2. The minimum Gasteiger partial charge on any atom is -0.396 e. The van der Waals surface area contributed by atoms with Crippen LogP contribution in [0.15, 0.2) is 43.5 Å². The Morgan fingerprint density at radius 3 is 2.46 bits per heavy atom. The van der Waals surface area contributed by atoms with Gasteiger partial charge in [0.25, 0.3) is 5.91 Å². The molecule has 3 amide bonds. The number of hydrogen-bond acceptors (Lipinski definition) is 5. The first-order valence-corrected chi connectivity index (χ1v) is 15.1. The molecule has 3 heterocycles. The molecule has 4 rings (SSSR count). The van der Waals surface area contributed by atoms with Crippen LogP contribution in [0, 0.1) is 25.7 Å². The summed E-state index contributed by atoms with van der Waals surface area (Å²) in [4.78, 5) is 48.2. The number of carbonyl (C=O) groups is 3. The molecule has 2 unspecified atom stereocenters. The van der Waals surface area contributed by atoms with Crippen LogP contribution in [0.3, 0.4) is 0 Å². The van der Waals surface area contributed by atoms with E-state index in [9.17, 15) is 19.5 Å². The number of aryl methyl sites for hydroxylation is 2. The van der Waals surface area contributed by atoms with Gasteiger partial charge >= 0.3 is 0 Å². The minimum absolute atomic E-state index is 0.125. The largest absolute Gasteiger partial charge is 0.396 e. The number of likely N-dealkylation sites (N-methyl/N-ethyl adjacent to an activating group) is 1. The second-order valence-electron chi connectivity index (χ2n) is 12.0. The number of ether oxygens (including phenoxy) is 1. The molecule has 3 fully saturated rings. The standard InChI is InChI=1S/C33H47N3O5/c1-7-18-34(6)29(38)26-27-30(39)36(20-12-10-11-13-21-37)28(33(27)17-16-32(26,9-3)41-33)31(40)35(19-8-2)25-22-23(4)14-15-24(25)5/h7-8,14-15,22,26-28,37H,1-2,9-13,16-21H2,3-6H3/t26-,27-,28?,32+,33?/m0/s1. The smallest absolute Gasteiger partial charge is 0.253 e. The van der Waals surface area contributed by atoms with Gasteiger partial charge in [-0.25, -0.2) is 0 Å². The molecule has 1 N–H and O–H groups in total. The molecular weight excluding hydrogens is 518 g/mol. The fraction of sp³-hybridized carbons (Fsp3) is 0.606.